The highest BCUT2D eigenvalue weighted by Gasteiger charge is 2.47. The van der Waals surface area contributed by atoms with Gasteiger partial charge in [-0.25, -0.2) is 0 Å². The van der Waals surface area contributed by atoms with Crippen molar-refractivity contribution in [3.8, 4) is 5.75 Å². The summed E-state index contributed by atoms with van der Waals surface area (Å²) in [6, 6.07) is 5.39. The van der Waals surface area contributed by atoms with E-state index in [1.165, 1.54) is 30.4 Å². The van der Waals surface area contributed by atoms with Crippen LogP contribution in [0.1, 0.15) is 43.6 Å². The normalized spacial score (nSPS) is 18.5. The van der Waals surface area contributed by atoms with Crippen LogP contribution in [0, 0.1) is 0 Å². The fourth-order valence-electron chi connectivity index (χ4n) is 3.47. The summed E-state index contributed by atoms with van der Waals surface area (Å²) in [7, 11) is 1.39. The van der Waals surface area contributed by atoms with Gasteiger partial charge in [0.15, 0.2) is 0 Å². The summed E-state index contributed by atoms with van der Waals surface area (Å²) in [6.45, 7) is 2.42. The number of ketones is 1. The van der Waals surface area contributed by atoms with E-state index < -0.39 is 23.5 Å². The minimum Gasteiger partial charge on any atom is -0.507 e. The fraction of sp³-hybridized carbons (Fsp3) is 0.333. The molecule has 0 spiro atoms. The number of hydrogen-bond donors (Lipinski definition) is 1. The predicted molar refractivity (Wildman–Crippen MR) is 110 cm³/mol. The second-order valence-corrected chi connectivity index (χ2v) is 7.53. The van der Waals surface area contributed by atoms with E-state index in [1.54, 1.807) is 12.1 Å². The third-order valence-electron chi connectivity index (χ3n) is 4.82. The van der Waals surface area contributed by atoms with Gasteiger partial charge in [-0.05, 0) is 30.7 Å². The van der Waals surface area contributed by atoms with Gasteiger partial charge in [-0.3, -0.25) is 9.59 Å². The smallest absolute Gasteiger partial charge is 0.295 e. The number of amides is 1. The molecule has 1 saturated heterocycles. The lowest BCUT2D eigenvalue weighted by Gasteiger charge is -2.23. The number of hydrogen-bond acceptors (Lipinski definition) is 5. The van der Waals surface area contributed by atoms with Crippen LogP contribution in [0.4, 0.5) is 0 Å². The number of carbonyl (C=O) groups excluding carboxylic acids is 2. The van der Waals surface area contributed by atoms with Gasteiger partial charge in [0.05, 0.1) is 29.5 Å². The number of rotatable bonds is 7. The maximum Gasteiger partial charge on any atom is 0.295 e. The molecule has 1 aliphatic rings. The molecule has 2 heterocycles. The zero-order valence-electron chi connectivity index (χ0n) is 16.1. The number of methoxy groups -OCH3 is 1. The summed E-state index contributed by atoms with van der Waals surface area (Å²) >= 11 is 12.3. The van der Waals surface area contributed by atoms with E-state index in [9.17, 15) is 14.7 Å². The van der Waals surface area contributed by atoms with Crippen LogP contribution in [-0.4, -0.2) is 35.4 Å². The SMILES string of the molecule is CCCCCN1C(=O)C(=O)/C(=C(\O)c2cc(Cl)cc(Cl)c2OC)C1c1ccco1. The Morgan fingerprint density at radius 3 is 2.66 bits per heavy atom. The zero-order chi connectivity index (χ0) is 21.1. The van der Waals surface area contributed by atoms with Gasteiger partial charge in [0.2, 0.25) is 0 Å². The van der Waals surface area contributed by atoms with E-state index in [2.05, 4.69) is 0 Å². The van der Waals surface area contributed by atoms with Crippen molar-refractivity contribution in [3.05, 3.63) is 57.5 Å². The highest BCUT2D eigenvalue weighted by molar-refractivity contribution is 6.46. The minimum atomic E-state index is -0.843. The summed E-state index contributed by atoms with van der Waals surface area (Å²) < 4.78 is 10.8. The largest absolute Gasteiger partial charge is 0.507 e. The Hall–Kier alpha value is -2.44. The van der Waals surface area contributed by atoms with Gasteiger partial charge < -0.3 is 19.2 Å². The molecule has 1 aromatic heterocycles. The highest BCUT2D eigenvalue weighted by atomic mass is 35.5. The van der Waals surface area contributed by atoms with Gasteiger partial charge in [-0.2, -0.15) is 0 Å². The van der Waals surface area contributed by atoms with E-state index in [-0.39, 0.29) is 26.9 Å². The first-order chi connectivity index (χ1) is 13.9. The van der Waals surface area contributed by atoms with Crippen molar-refractivity contribution in [2.45, 2.75) is 32.2 Å². The molecule has 29 heavy (non-hydrogen) atoms. The van der Waals surface area contributed by atoms with E-state index >= 15 is 0 Å². The predicted octanol–water partition coefficient (Wildman–Crippen LogP) is 5.21. The average Bonchev–Trinajstić information content (AvgIpc) is 3.29. The molecule has 154 valence electrons. The number of ether oxygens (including phenoxy) is 1. The van der Waals surface area contributed by atoms with E-state index in [0.717, 1.165) is 19.3 Å². The van der Waals surface area contributed by atoms with Crippen molar-refractivity contribution < 1.29 is 23.8 Å². The molecule has 2 aromatic rings. The second-order valence-electron chi connectivity index (χ2n) is 6.68. The maximum absolute atomic E-state index is 12.9. The monoisotopic (exact) mass is 437 g/mol. The number of furan rings is 1. The molecule has 0 aliphatic carbocycles. The van der Waals surface area contributed by atoms with Crippen molar-refractivity contribution in [1.29, 1.82) is 0 Å². The first-order valence-corrected chi connectivity index (χ1v) is 10.0. The first kappa shape index (κ1) is 21.3. The Balaban J connectivity index is 2.17. The van der Waals surface area contributed by atoms with Crippen molar-refractivity contribution in [1.82, 2.24) is 4.90 Å². The molecule has 1 atom stereocenters. The molecule has 1 unspecified atom stereocenters. The Morgan fingerprint density at radius 1 is 1.28 bits per heavy atom. The number of carbonyl (C=O) groups is 2. The molecular weight excluding hydrogens is 417 g/mol. The molecule has 0 bridgehead atoms. The molecule has 6 nitrogen and oxygen atoms in total. The number of benzene rings is 1. The molecule has 1 aliphatic heterocycles. The second kappa shape index (κ2) is 8.93. The quantitative estimate of drug-likeness (QED) is 0.278. The Morgan fingerprint density at radius 2 is 2.03 bits per heavy atom. The summed E-state index contributed by atoms with van der Waals surface area (Å²) in [6.07, 6.45) is 4.06. The van der Waals surface area contributed by atoms with Crippen LogP contribution >= 0.6 is 23.2 Å². The summed E-state index contributed by atoms with van der Waals surface area (Å²) in [5, 5.41) is 11.5. The van der Waals surface area contributed by atoms with Gasteiger partial charge in [0, 0.05) is 11.6 Å². The molecule has 3 rings (SSSR count). The molecule has 1 amide bonds. The van der Waals surface area contributed by atoms with Crippen molar-refractivity contribution in [3.63, 3.8) is 0 Å². The van der Waals surface area contributed by atoms with E-state index in [4.69, 9.17) is 32.4 Å². The molecule has 8 heteroatoms. The molecule has 1 fully saturated rings. The summed E-state index contributed by atoms with van der Waals surface area (Å²) in [5.74, 6) is -1.35. The summed E-state index contributed by atoms with van der Waals surface area (Å²) in [5.41, 5.74) is 0.0474. The lowest BCUT2D eigenvalue weighted by Crippen LogP contribution is -2.30. The number of nitrogens with zero attached hydrogens (tertiary/aromatic N) is 1. The van der Waals surface area contributed by atoms with Crippen LogP contribution in [0.2, 0.25) is 10.0 Å². The van der Waals surface area contributed by atoms with Gasteiger partial charge in [0.25, 0.3) is 11.7 Å². The van der Waals surface area contributed by atoms with Crippen molar-refractivity contribution in [2.75, 3.05) is 13.7 Å². The topological polar surface area (TPSA) is 80.0 Å². The van der Waals surface area contributed by atoms with Crippen LogP contribution < -0.4 is 4.74 Å². The molecule has 0 radical (unpaired) electrons. The Labute approximate surface area is 178 Å². The lowest BCUT2D eigenvalue weighted by atomic mass is 9.98. The lowest BCUT2D eigenvalue weighted by molar-refractivity contribution is -0.140. The fourth-order valence-corrected chi connectivity index (χ4v) is 4.04. The van der Waals surface area contributed by atoms with Crippen LogP contribution in [0.25, 0.3) is 5.76 Å². The van der Waals surface area contributed by atoms with E-state index in [0.29, 0.717) is 12.3 Å². The van der Waals surface area contributed by atoms with Crippen LogP contribution in [-0.2, 0) is 9.59 Å². The number of aliphatic hydroxyl groups is 1. The molecule has 1 N–H and O–H groups in total. The van der Waals surface area contributed by atoms with Crippen molar-refractivity contribution >= 4 is 40.7 Å². The standard InChI is InChI=1S/C21H21Cl2NO5/c1-3-4-5-8-24-17(15-7-6-9-29-15)16(19(26)21(24)27)18(25)13-10-12(22)11-14(23)20(13)28-2/h6-7,9-11,17,25H,3-5,8H2,1-2H3/b18-16-. The van der Waals surface area contributed by atoms with Gasteiger partial charge in [-0.1, -0.05) is 43.0 Å². The Bertz CT molecular complexity index is 952. The van der Waals surface area contributed by atoms with Gasteiger partial charge in [0.1, 0.15) is 23.3 Å². The van der Waals surface area contributed by atoms with Gasteiger partial charge in [-0.15, -0.1) is 0 Å². The first-order valence-electron chi connectivity index (χ1n) is 9.25. The number of halogens is 2. The van der Waals surface area contributed by atoms with Crippen LogP contribution in [0.5, 0.6) is 5.75 Å². The number of Topliss-reactive ketones (excluding diaryl/α,β-unsaturated/α-hetero) is 1. The maximum atomic E-state index is 12.9. The molecule has 1 aromatic carbocycles. The Kier molecular flexibility index (Phi) is 6.55. The molecular formula is C21H21Cl2NO5. The minimum absolute atomic E-state index is 0.0851. The third kappa shape index (κ3) is 4.00. The third-order valence-corrected chi connectivity index (χ3v) is 5.32. The highest BCUT2D eigenvalue weighted by Crippen LogP contribution is 2.43. The average molecular weight is 438 g/mol. The van der Waals surface area contributed by atoms with Crippen molar-refractivity contribution in [2.24, 2.45) is 0 Å². The molecule has 0 saturated carbocycles. The van der Waals surface area contributed by atoms with Crippen LogP contribution in [0.15, 0.2) is 40.5 Å². The number of unbranched alkanes of at least 4 members (excludes halogenated alkanes) is 2. The number of aliphatic hydroxyl groups excluding tert-OH is 1. The van der Waals surface area contributed by atoms with Crippen LogP contribution in [0.3, 0.4) is 0 Å². The number of likely N-dealkylation sites (tertiary alicyclic amines) is 1. The van der Waals surface area contributed by atoms with Gasteiger partial charge >= 0.3 is 0 Å². The zero-order valence-corrected chi connectivity index (χ0v) is 17.6. The van der Waals surface area contributed by atoms with E-state index in [1.807, 2.05) is 6.92 Å². The summed E-state index contributed by atoms with van der Waals surface area (Å²) in [4.78, 5) is 27.1.